The maximum absolute atomic E-state index is 9.86. The third kappa shape index (κ3) is 1.30. The van der Waals surface area contributed by atoms with Crippen molar-refractivity contribution in [1.29, 1.82) is 0 Å². The maximum Gasteiger partial charge on any atom is 0.0815 e. The van der Waals surface area contributed by atoms with E-state index in [1.165, 1.54) is 18.4 Å². The first-order valence-electron chi connectivity index (χ1n) is 5.41. The van der Waals surface area contributed by atoms with Gasteiger partial charge in [-0.2, -0.15) is 0 Å². The van der Waals surface area contributed by atoms with E-state index in [9.17, 15) is 5.11 Å². The summed E-state index contributed by atoms with van der Waals surface area (Å²) in [5.41, 5.74) is 3.64. The van der Waals surface area contributed by atoms with E-state index in [4.69, 9.17) is 0 Å². The first kappa shape index (κ1) is 8.30. The van der Waals surface area contributed by atoms with Crippen molar-refractivity contribution >= 4 is 5.69 Å². The van der Waals surface area contributed by atoms with Gasteiger partial charge in [-0.25, -0.2) is 0 Å². The maximum atomic E-state index is 9.86. The minimum absolute atomic E-state index is 0.243. The van der Waals surface area contributed by atoms with E-state index in [0.717, 1.165) is 24.1 Å². The topological polar surface area (TPSA) is 32.3 Å². The van der Waals surface area contributed by atoms with Crippen molar-refractivity contribution in [3.8, 4) is 0 Å². The predicted molar refractivity (Wildman–Crippen MR) is 56.4 cm³/mol. The van der Waals surface area contributed by atoms with Gasteiger partial charge in [-0.05, 0) is 37.3 Å². The summed E-state index contributed by atoms with van der Waals surface area (Å²) in [5.74, 6) is 0. The molecule has 1 atom stereocenters. The zero-order chi connectivity index (χ0) is 9.54. The minimum Gasteiger partial charge on any atom is -0.388 e. The predicted octanol–water partition coefficient (Wildman–Crippen LogP) is 2.24. The van der Waals surface area contributed by atoms with Crippen LogP contribution in [-0.4, -0.2) is 11.1 Å². The summed E-state index contributed by atoms with van der Waals surface area (Å²) in [6, 6.07) is 6.96. The molecule has 74 valence electrons. The van der Waals surface area contributed by atoms with Gasteiger partial charge in [-0.1, -0.05) is 12.1 Å². The molecule has 0 bridgehead atoms. The highest BCUT2D eigenvalue weighted by Gasteiger charge is 2.27. The third-order valence-corrected chi connectivity index (χ3v) is 3.15. The molecule has 0 radical (unpaired) electrons. The zero-order valence-electron chi connectivity index (χ0n) is 8.16. The van der Waals surface area contributed by atoms with E-state index in [1.807, 2.05) is 0 Å². The summed E-state index contributed by atoms with van der Waals surface area (Å²) >= 11 is 0. The van der Waals surface area contributed by atoms with Crippen molar-refractivity contribution in [1.82, 2.24) is 0 Å². The molecule has 0 saturated heterocycles. The Morgan fingerprint density at radius 2 is 2.07 bits per heavy atom. The Labute approximate surface area is 84.0 Å². The Balaban J connectivity index is 1.97. The molecule has 0 heterocycles. The molecule has 2 aliphatic carbocycles. The largest absolute Gasteiger partial charge is 0.388 e. The molecule has 1 aromatic rings. The second kappa shape index (κ2) is 2.99. The number of fused-ring (bicyclic) bond motifs is 1. The fraction of sp³-hybridized carbons (Fsp3) is 0.500. The highest BCUT2D eigenvalue weighted by Crippen LogP contribution is 2.38. The number of aliphatic hydroxyl groups excluding tert-OH is 1. The Morgan fingerprint density at radius 1 is 1.21 bits per heavy atom. The van der Waals surface area contributed by atoms with Crippen LogP contribution in [0.1, 0.15) is 36.5 Å². The molecule has 1 aromatic carbocycles. The van der Waals surface area contributed by atoms with E-state index >= 15 is 0 Å². The molecule has 1 fully saturated rings. The van der Waals surface area contributed by atoms with Gasteiger partial charge in [0.25, 0.3) is 0 Å². The lowest BCUT2D eigenvalue weighted by Crippen LogP contribution is -2.05. The van der Waals surface area contributed by atoms with Gasteiger partial charge in [0.15, 0.2) is 0 Å². The molecule has 0 spiro atoms. The lowest BCUT2D eigenvalue weighted by Gasteiger charge is -2.12. The molecule has 0 aliphatic heterocycles. The van der Waals surface area contributed by atoms with Crippen LogP contribution in [0.25, 0.3) is 0 Å². The van der Waals surface area contributed by atoms with Gasteiger partial charge in [0.2, 0.25) is 0 Å². The van der Waals surface area contributed by atoms with Crippen molar-refractivity contribution in [3.05, 3.63) is 29.3 Å². The van der Waals surface area contributed by atoms with Crippen molar-refractivity contribution in [3.63, 3.8) is 0 Å². The molecule has 2 aliphatic rings. The smallest absolute Gasteiger partial charge is 0.0815 e. The van der Waals surface area contributed by atoms with Crippen LogP contribution >= 0.6 is 0 Å². The quantitative estimate of drug-likeness (QED) is 0.747. The molecule has 1 saturated carbocycles. The SMILES string of the molecule is OC1CCc2cccc(NC3CC3)c21. The molecule has 2 heteroatoms. The first-order chi connectivity index (χ1) is 6.84. The Hall–Kier alpha value is -1.02. The van der Waals surface area contributed by atoms with Crippen LogP contribution in [0.15, 0.2) is 18.2 Å². The van der Waals surface area contributed by atoms with Crippen LogP contribution < -0.4 is 5.32 Å². The van der Waals surface area contributed by atoms with Crippen molar-refractivity contribution in [2.45, 2.75) is 37.8 Å². The zero-order valence-corrected chi connectivity index (χ0v) is 8.16. The second-order valence-corrected chi connectivity index (χ2v) is 4.35. The molecule has 0 amide bonds. The Morgan fingerprint density at radius 3 is 2.86 bits per heavy atom. The lowest BCUT2D eigenvalue weighted by molar-refractivity contribution is 0.180. The van der Waals surface area contributed by atoms with Gasteiger partial charge >= 0.3 is 0 Å². The molecule has 0 aromatic heterocycles. The summed E-state index contributed by atoms with van der Waals surface area (Å²) in [6.45, 7) is 0. The van der Waals surface area contributed by atoms with E-state index in [-0.39, 0.29) is 6.10 Å². The Kier molecular flexibility index (Phi) is 1.77. The fourth-order valence-electron chi connectivity index (χ4n) is 2.23. The number of anilines is 1. The van der Waals surface area contributed by atoms with Gasteiger partial charge in [-0.3, -0.25) is 0 Å². The van der Waals surface area contributed by atoms with E-state index in [1.54, 1.807) is 0 Å². The molecular formula is C12H15NO. The van der Waals surface area contributed by atoms with Gasteiger partial charge < -0.3 is 10.4 Å². The van der Waals surface area contributed by atoms with Gasteiger partial charge in [0.1, 0.15) is 0 Å². The van der Waals surface area contributed by atoms with Gasteiger partial charge in [0.05, 0.1) is 6.10 Å². The van der Waals surface area contributed by atoms with Gasteiger partial charge in [-0.15, -0.1) is 0 Å². The summed E-state index contributed by atoms with van der Waals surface area (Å²) in [4.78, 5) is 0. The first-order valence-corrected chi connectivity index (χ1v) is 5.41. The summed E-state index contributed by atoms with van der Waals surface area (Å²) in [5, 5.41) is 13.3. The number of rotatable bonds is 2. The van der Waals surface area contributed by atoms with Crippen molar-refractivity contribution in [2.75, 3.05) is 5.32 Å². The number of nitrogens with one attached hydrogen (secondary N) is 1. The molecule has 3 rings (SSSR count). The number of hydrogen-bond donors (Lipinski definition) is 2. The highest BCUT2D eigenvalue weighted by atomic mass is 16.3. The molecule has 1 unspecified atom stereocenters. The normalized spacial score (nSPS) is 24.8. The number of aryl methyl sites for hydroxylation is 1. The summed E-state index contributed by atoms with van der Waals surface area (Å²) in [7, 11) is 0. The summed E-state index contributed by atoms with van der Waals surface area (Å²) in [6.07, 6.45) is 4.22. The number of benzene rings is 1. The van der Waals surface area contributed by atoms with E-state index in [2.05, 4.69) is 23.5 Å². The minimum atomic E-state index is -0.243. The van der Waals surface area contributed by atoms with Crippen LogP contribution in [0.2, 0.25) is 0 Å². The third-order valence-electron chi connectivity index (χ3n) is 3.15. The van der Waals surface area contributed by atoms with Crippen LogP contribution in [0.3, 0.4) is 0 Å². The van der Waals surface area contributed by atoms with E-state index in [0.29, 0.717) is 6.04 Å². The monoisotopic (exact) mass is 189 g/mol. The highest BCUT2D eigenvalue weighted by molar-refractivity contribution is 5.58. The van der Waals surface area contributed by atoms with Crippen LogP contribution in [-0.2, 0) is 6.42 Å². The lowest BCUT2D eigenvalue weighted by atomic mass is 10.1. The number of hydrogen-bond acceptors (Lipinski definition) is 2. The van der Waals surface area contributed by atoms with E-state index < -0.39 is 0 Å². The van der Waals surface area contributed by atoms with Crippen LogP contribution in [0.4, 0.5) is 5.69 Å². The average molecular weight is 189 g/mol. The fourth-order valence-corrected chi connectivity index (χ4v) is 2.23. The molecule has 2 N–H and O–H groups in total. The average Bonchev–Trinajstić information content (AvgIpc) is 2.91. The van der Waals surface area contributed by atoms with Crippen LogP contribution in [0, 0.1) is 0 Å². The molecule has 2 nitrogen and oxygen atoms in total. The van der Waals surface area contributed by atoms with Crippen LogP contribution in [0.5, 0.6) is 0 Å². The second-order valence-electron chi connectivity index (χ2n) is 4.35. The van der Waals surface area contributed by atoms with Crippen molar-refractivity contribution in [2.24, 2.45) is 0 Å². The molecular weight excluding hydrogens is 174 g/mol. The number of aliphatic hydroxyl groups is 1. The molecule has 14 heavy (non-hydrogen) atoms. The standard InChI is InChI=1S/C12H15NO/c14-11-7-4-8-2-1-3-10(12(8)11)13-9-5-6-9/h1-3,9,11,13-14H,4-7H2. The van der Waals surface area contributed by atoms with Crippen molar-refractivity contribution < 1.29 is 5.11 Å². The Bertz CT molecular complexity index is 357. The summed E-state index contributed by atoms with van der Waals surface area (Å²) < 4.78 is 0. The van der Waals surface area contributed by atoms with Gasteiger partial charge in [0, 0.05) is 17.3 Å².